The van der Waals surface area contributed by atoms with Crippen LogP contribution in [0.1, 0.15) is 5.56 Å². The van der Waals surface area contributed by atoms with E-state index in [4.69, 9.17) is 5.73 Å². The number of benzene rings is 2. The second-order valence-corrected chi connectivity index (χ2v) is 7.65. The average Bonchev–Trinajstić information content (AvgIpc) is 2.62. The average molecular weight is 370 g/mol. The molecule has 7 nitrogen and oxygen atoms in total. The summed E-state index contributed by atoms with van der Waals surface area (Å²) in [4.78, 5) is 17.0. The summed E-state index contributed by atoms with van der Waals surface area (Å²) < 4.78 is 25.2. The summed E-state index contributed by atoms with van der Waals surface area (Å²) in [5, 5.41) is 2.68. The Bertz CT molecular complexity index is 984. The summed E-state index contributed by atoms with van der Waals surface area (Å²) in [7, 11) is -3.67. The molecule has 0 bridgehead atoms. The van der Waals surface area contributed by atoms with Gasteiger partial charge in [-0.2, -0.15) is 0 Å². The molecule has 0 saturated carbocycles. The van der Waals surface area contributed by atoms with Crippen LogP contribution in [0.2, 0.25) is 0 Å². The molecular formula is C18H18N4O3S. The molecule has 1 aliphatic heterocycles. The molecule has 0 fully saturated rings. The van der Waals surface area contributed by atoms with Crippen molar-refractivity contribution >= 4 is 27.3 Å². The Morgan fingerprint density at radius 1 is 1.08 bits per heavy atom. The zero-order chi connectivity index (χ0) is 18.7. The van der Waals surface area contributed by atoms with Crippen molar-refractivity contribution in [2.24, 2.45) is 10.7 Å². The predicted molar refractivity (Wildman–Crippen MR) is 101 cm³/mol. The lowest BCUT2D eigenvalue weighted by Gasteiger charge is -2.28. The third-order valence-corrected chi connectivity index (χ3v) is 4.93. The van der Waals surface area contributed by atoms with E-state index in [1.165, 1.54) is 0 Å². The molecule has 0 spiro atoms. The van der Waals surface area contributed by atoms with Crippen molar-refractivity contribution < 1.29 is 13.2 Å². The topological polar surface area (TPSA) is 105 Å². The number of aliphatic imine (C=N–C) groups is 1. The minimum Gasteiger partial charge on any atom is -0.383 e. The molecule has 1 amide bonds. The molecule has 1 aliphatic rings. The Morgan fingerprint density at radius 2 is 1.65 bits per heavy atom. The SMILES string of the molecule is CS(=O)(=O)N1CC(c2ccccc2)=NC(C(=O)Nc2ccccc2)=C1N. The van der Waals surface area contributed by atoms with Gasteiger partial charge in [-0.25, -0.2) is 17.7 Å². The van der Waals surface area contributed by atoms with E-state index in [-0.39, 0.29) is 18.1 Å². The second kappa shape index (κ2) is 7.01. The highest BCUT2D eigenvalue weighted by Crippen LogP contribution is 2.21. The van der Waals surface area contributed by atoms with Gasteiger partial charge in [0.25, 0.3) is 5.91 Å². The molecule has 0 unspecified atom stereocenters. The number of rotatable bonds is 4. The van der Waals surface area contributed by atoms with E-state index in [0.29, 0.717) is 11.4 Å². The molecule has 0 saturated heterocycles. The molecule has 3 rings (SSSR count). The lowest BCUT2D eigenvalue weighted by molar-refractivity contribution is -0.113. The smallest absolute Gasteiger partial charge is 0.278 e. The predicted octanol–water partition coefficient (Wildman–Crippen LogP) is 1.52. The molecule has 1 heterocycles. The Morgan fingerprint density at radius 3 is 2.23 bits per heavy atom. The van der Waals surface area contributed by atoms with Crippen molar-refractivity contribution in [1.82, 2.24) is 4.31 Å². The first-order valence-electron chi connectivity index (χ1n) is 7.83. The first-order valence-corrected chi connectivity index (χ1v) is 9.68. The molecular weight excluding hydrogens is 352 g/mol. The maximum atomic E-state index is 12.6. The van der Waals surface area contributed by atoms with Crippen molar-refractivity contribution in [2.75, 3.05) is 18.1 Å². The first-order chi connectivity index (χ1) is 12.4. The normalized spacial score (nSPS) is 14.8. The summed E-state index contributed by atoms with van der Waals surface area (Å²) >= 11 is 0. The zero-order valence-electron chi connectivity index (χ0n) is 14.1. The van der Waals surface area contributed by atoms with Gasteiger partial charge in [-0.15, -0.1) is 0 Å². The molecule has 2 aromatic carbocycles. The molecule has 8 heteroatoms. The number of nitrogens with zero attached hydrogens (tertiary/aromatic N) is 2. The van der Waals surface area contributed by atoms with Crippen LogP contribution < -0.4 is 11.1 Å². The van der Waals surface area contributed by atoms with Crippen LogP contribution in [0.25, 0.3) is 0 Å². The standard InChI is InChI=1S/C18H18N4O3S/c1-26(24,25)22-12-15(13-8-4-2-5-9-13)21-16(17(22)19)18(23)20-14-10-6-3-7-11-14/h2-11H,12,19H2,1H3,(H,20,23). The maximum absolute atomic E-state index is 12.6. The number of carbonyl (C=O) groups is 1. The zero-order valence-corrected chi connectivity index (χ0v) is 14.9. The van der Waals surface area contributed by atoms with Crippen molar-refractivity contribution in [2.45, 2.75) is 0 Å². The number of sulfonamides is 1. The third-order valence-electron chi connectivity index (χ3n) is 3.81. The third kappa shape index (κ3) is 3.75. The van der Waals surface area contributed by atoms with E-state index in [1.807, 2.05) is 24.3 Å². The highest BCUT2D eigenvalue weighted by atomic mass is 32.2. The van der Waals surface area contributed by atoms with Crippen molar-refractivity contribution in [3.63, 3.8) is 0 Å². The van der Waals surface area contributed by atoms with E-state index < -0.39 is 15.9 Å². The molecule has 0 aromatic heterocycles. The summed E-state index contributed by atoms with van der Waals surface area (Å²) in [5.41, 5.74) is 7.56. The number of amides is 1. The van der Waals surface area contributed by atoms with Crippen molar-refractivity contribution in [1.29, 1.82) is 0 Å². The van der Waals surface area contributed by atoms with E-state index >= 15 is 0 Å². The van der Waals surface area contributed by atoms with E-state index in [2.05, 4.69) is 10.3 Å². The van der Waals surface area contributed by atoms with Crippen LogP contribution >= 0.6 is 0 Å². The fourth-order valence-corrected chi connectivity index (χ4v) is 3.33. The largest absolute Gasteiger partial charge is 0.383 e. The van der Waals surface area contributed by atoms with Gasteiger partial charge in [-0.3, -0.25) is 4.79 Å². The Hall–Kier alpha value is -3.13. The van der Waals surface area contributed by atoms with Crippen LogP contribution in [-0.4, -0.2) is 37.1 Å². The lowest BCUT2D eigenvalue weighted by atomic mass is 10.1. The lowest BCUT2D eigenvalue weighted by Crippen LogP contribution is -2.42. The molecule has 0 aliphatic carbocycles. The van der Waals surface area contributed by atoms with Gasteiger partial charge in [0.1, 0.15) is 5.82 Å². The minimum atomic E-state index is -3.67. The fraction of sp³-hybridized carbons (Fsp3) is 0.111. The van der Waals surface area contributed by atoms with Gasteiger partial charge in [0.15, 0.2) is 5.70 Å². The molecule has 2 aromatic rings. The quantitative estimate of drug-likeness (QED) is 0.851. The Labute approximate surface area is 151 Å². The molecule has 0 atom stereocenters. The van der Waals surface area contributed by atoms with Crippen LogP contribution in [0, 0.1) is 0 Å². The Kier molecular flexibility index (Phi) is 4.77. The van der Waals surface area contributed by atoms with E-state index in [0.717, 1.165) is 16.1 Å². The monoisotopic (exact) mass is 370 g/mol. The number of para-hydroxylation sites is 1. The van der Waals surface area contributed by atoms with E-state index in [9.17, 15) is 13.2 Å². The number of anilines is 1. The van der Waals surface area contributed by atoms with Crippen LogP contribution in [0.5, 0.6) is 0 Å². The van der Waals surface area contributed by atoms with Gasteiger partial charge in [-0.1, -0.05) is 48.5 Å². The molecule has 0 radical (unpaired) electrons. The van der Waals surface area contributed by atoms with Gasteiger partial charge in [0.05, 0.1) is 18.5 Å². The summed E-state index contributed by atoms with van der Waals surface area (Å²) in [6.45, 7) is -0.0310. The van der Waals surface area contributed by atoms with Gasteiger partial charge >= 0.3 is 0 Å². The van der Waals surface area contributed by atoms with Crippen LogP contribution in [0.15, 0.2) is 77.2 Å². The van der Waals surface area contributed by atoms with Crippen LogP contribution in [0.4, 0.5) is 5.69 Å². The number of hydrogen-bond donors (Lipinski definition) is 2. The van der Waals surface area contributed by atoms with Crippen molar-refractivity contribution in [3.05, 3.63) is 77.7 Å². The van der Waals surface area contributed by atoms with Crippen LogP contribution in [-0.2, 0) is 14.8 Å². The van der Waals surface area contributed by atoms with Gasteiger partial charge in [0.2, 0.25) is 10.0 Å². The maximum Gasteiger partial charge on any atom is 0.278 e. The fourth-order valence-electron chi connectivity index (χ4n) is 2.53. The van der Waals surface area contributed by atoms with Crippen LogP contribution in [0.3, 0.4) is 0 Å². The summed E-state index contributed by atoms with van der Waals surface area (Å²) in [5.74, 6) is -0.768. The summed E-state index contributed by atoms with van der Waals surface area (Å²) in [6, 6.07) is 17.9. The highest BCUT2D eigenvalue weighted by molar-refractivity contribution is 7.88. The van der Waals surface area contributed by atoms with Gasteiger partial charge < -0.3 is 11.1 Å². The Balaban J connectivity index is 2.03. The summed E-state index contributed by atoms with van der Waals surface area (Å²) in [6.07, 6.45) is 1.04. The molecule has 3 N–H and O–H groups in total. The number of nitrogens with one attached hydrogen (secondary N) is 1. The second-order valence-electron chi connectivity index (χ2n) is 5.75. The number of nitrogens with two attached hydrogens (primary N) is 1. The van der Waals surface area contributed by atoms with E-state index in [1.54, 1.807) is 36.4 Å². The molecule has 134 valence electrons. The van der Waals surface area contributed by atoms with Gasteiger partial charge in [-0.05, 0) is 17.7 Å². The van der Waals surface area contributed by atoms with Crippen molar-refractivity contribution in [3.8, 4) is 0 Å². The number of hydrogen-bond acceptors (Lipinski definition) is 5. The minimum absolute atomic E-state index is 0.0310. The highest BCUT2D eigenvalue weighted by Gasteiger charge is 2.30. The first kappa shape index (κ1) is 17.7. The number of carbonyl (C=O) groups excluding carboxylic acids is 1. The van der Waals surface area contributed by atoms with Gasteiger partial charge in [0, 0.05) is 5.69 Å². The molecule has 26 heavy (non-hydrogen) atoms.